The van der Waals surface area contributed by atoms with Crippen LogP contribution in [0, 0.1) is 5.82 Å². The number of ketones is 1. The van der Waals surface area contributed by atoms with Crippen LogP contribution in [-0.4, -0.2) is 53.8 Å². The minimum atomic E-state index is -1.00. The lowest BCUT2D eigenvalue weighted by atomic mass is 9.94. The van der Waals surface area contributed by atoms with Crippen molar-refractivity contribution < 1.29 is 23.5 Å². The molecule has 1 aliphatic rings. The van der Waals surface area contributed by atoms with E-state index in [0.29, 0.717) is 13.0 Å². The molecule has 2 aromatic rings. The van der Waals surface area contributed by atoms with E-state index in [1.54, 1.807) is 6.07 Å². The Balaban J connectivity index is 2.02. The lowest BCUT2D eigenvalue weighted by Crippen LogP contribution is -2.34. The topological polar surface area (TPSA) is 74.0 Å². The predicted molar refractivity (Wildman–Crippen MR) is 96.7 cm³/mol. The van der Waals surface area contributed by atoms with Gasteiger partial charge in [-0.3, -0.25) is 9.59 Å². The molecule has 2 heterocycles. The maximum atomic E-state index is 14.5. The summed E-state index contributed by atoms with van der Waals surface area (Å²) >= 11 is 0. The minimum Gasteiger partial charge on any atom is -0.503 e. The summed E-state index contributed by atoms with van der Waals surface area (Å²) in [4.78, 5) is 28.8. The number of furan rings is 1. The number of carbonyl (C=O) groups excluding carboxylic acids is 2. The van der Waals surface area contributed by atoms with Gasteiger partial charge in [0.25, 0.3) is 5.91 Å². The minimum absolute atomic E-state index is 0.0131. The van der Waals surface area contributed by atoms with E-state index in [9.17, 15) is 19.1 Å². The number of aliphatic hydroxyl groups is 1. The molecule has 0 saturated carbocycles. The van der Waals surface area contributed by atoms with Crippen molar-refractivity contribution in [1.82, 2.24) is 9.80 Å². The largest absolute Gasteiger partial charge is 0.503 e. The third-order valence-corrected chi connectivity index (χ3v) is 4.50. The van der Waals surface area contributed by atoms with Crippen LogP contribution in [0.25, 0.3) is 0 Å². The van der Waals surface area contributed by atoms with Gasteiger partial charge in [0, 0.05) is 12.1 Å². The van der Waals surface area contributed by atoms with Crippen LogP contribution in [0.2, 0.25) is 0 Å². The molecule has 7 heteroatoms. The fourth-order valence-electron chi connectivity index (χ4n) is 3.23. The second-order valence-electron chi connectivity index (χ2n) is 6.65. The Kier molecular flexibility index (Phi) is 5.41. The molecule has 1 unspecified atom stereocenters. The van der Waals surface area contributed by atoms with Crippen molar-refractivity contribution in [1.29, 1.82) is 0 Å². The SMILES string of the molecule is CN(C)CCCN1C(=O)C(O)=C(C(=O)c2ccco2)C1c1ccccc1F. The van der Waals surface area contributed by atoms with E-state index in [0.717, 1.165) is 0 Å². The van der Waals surface area contributed by atoms with Gasteiger partial charge in [-0.15, -0.1) is 0 Å². The summed E-state index contributed by atoms with van der Waals surface area (Å²) in [5.74, 6) is -2.53. The molecule has 142 valence electrons. The lowest BCUT2D eigenvalue weighted by Gasteiger charge is -2.27. The smallest absolute Gasteiger partial charge is 0.290 e. The molecule has 0 saturated heterocycles. The molecular weight excluding hydrogens is 351 g/mol. The van der Waals surface area contributed by atoms with Crippen LogP contribution in [0.5, 0.6) is 0 Å². The molecular formula is C20H21FN2O4. The monoisotopic (exact) mass is 372 g/mol. The van der Waals surface area contributed by atoms with Crippen LogP contribution in [0.1, 0.15) is 28.6 Å². The van der Waals surface area contributed by atoms with Gasteiger partial charge in [-0.2, -0.15) is 0 Å². The zero-order chi connectivity index (χ0) is 19.6. The predicted octanol–water partition coefficient (Wildman–Crippen LogP) is 2.95. The van der Waals surface area contributed by atoms with Crippen LogP contribution < -0.4 is 0 Å². The van der Waals surface area contributed by atoms with Crippen LogP contribution in [0.4, 0.5) is 4.39 Å². The number of rotatable bonds is 7. The molecule has 3 rings (SSSR count). The van der Waals surface area contributed by atoms with Crippen molar-refractivity contribution in [3.8, 4) is 0 Å². The van der Waals surface area contributed by atoms with Crippen LogP contribution >= 0.6 is 0 Å². The summed E-state index contributed by atoms with van der Waals surface area (Å²) < 4.78 is 19.6. The highest BCUT2D eigenvalue weighted by Gasteiger charge is 2.45. The molecule has 1 aliphatic heterocycles. The van der Waals surface area contributed by atoms with E-state index in [-0.39, 0.29) is 23.4 Å². The number of hydrogen-bond donors (Lipinski definition) is 1. The first kappa shape index (κ1) is 18.8. The molecule has 27 heavy (non-hydrogen) atoms. The summed E-state index contributed by atoms with van der Waals surface area (Å²) in [5.41, 5.74) is -0.000405. The van der Waals surface area contributed by atoms with Gasteiger partial charge in [0.1, 0.15) is 5.82 Å². The zero-order valence-electron chi connectivity index (χ0n) is 15.2. The highest BCUT2D eigenvalue weighted by molar-refractivity contribution is 6.15. The Bertz CT molecular complexity index is 874. The van der Waals surface area contributed by atoms with Crippen molar-refractivity contribution in [2.24, 2.45) is 0 Å². The average Bonchev–Trinajstić information content (AvgIpc) is 3.24. The first-order valence-electron chi connectivity index (χ1n) is 8.63. The third-order valence-electron chi connectivity index (χ3n) is 4.50. The van der Waals surface area contributed by atoms with E-state index in [4.69, 9.17) is 4.42 Å². The molecule has 0 spiro atoms. The molecule has 1 N–H and O–H groups in total. The second-order valence-corrected chi connectivity index (χ2v) is 6.65. The number of Topliss-reactive ketones (excluding diaryl/α,β-unsaturated/α-hetero) is 1. The highest BCUT2D eigenvalue weighted by atomic mass is 19.1. The third kappa shape index (κ3) is 3.64. The Labute approximate surface area is 156 Å². The standard InChI is InChI=1S/C20H21FN2O4/c1-22(2)10-6-11-23-17(13-7-3-4-8-14(13)21)16(19(25)20(23)26)18(24)15-9-5-12-27-15/h3-5,7-9,12,17,25H,6,10-11H2,1-2H3. The van der Waals surface area contributed by atoms with Crippen LogP contribution in [-0.2, 0) is 4.79 Å². The molecule has 1 atom stereocenters. The summed E-state index contributed by atoms with van der Waals surface area (Å²) in [6, 6.07) is 7.92. The van der Waals surface area contributed by atoms with E-state index < -0.39 is 29.3 Å². The van der Waals surface area contributed by atoms with E-state index in [1.807, 2.05) is 19.0 Å². The maximum absolute atomic E-state index is 14.5. The van der Waals surface area contributed by atoms with E-state index >= 15 is 0 Å². The van der Waals surface area contributed by atoms with Gasteiger partial charge in [-0.25, -0.2) is 4.39 Å². The average molecular weight is 372 g/mol. The zero-order valence-corrected chi connectivity index (χ0v) is 15.2. The molecule has 1 aromatic heterocycles. The number of carbonyl (C=O) groups is 2. The van der Waals surface area contributed by atoms with Crippen molar-refractivity contribution in [2.45, 2.75) is 12.5 Å². The Hall–Kier alpha value is -2.93. The van der Waals surface area contributed by atoms with Gasteiger partial charge >= 0.3 is 0 Å². The molecule has 0 radical (unpaired) electrons. The van der Waals surface area contributed by atoms with Gasteiger partial charge in [0.15, 0.2) is 11.5 Å². The molecule has 6 nitrogen and oxygen atoms in total. The number of amides is 1. The lowest BCUT2D eigenvalue weighted by molar-refractivity contribution is -0.129. The van der Waals surface area contributed by atoms with Crippen LogP contribution in [0.3, 0.4) is 0 Å². The summed E-state index contributed by atoms with van der Waals surface area (Å²) in [6.45, 7) is 0.977. The number of benzene rings is 1. The van der Waals surface area contributed by atoms with Gasteiger partial charge in [-0.05, 0) is 45.3 Å². The first-order chi connectivity index (χ1) is 12.9. The van der Waals surface area contributed by atoms with Crippen LogP contribution in [0.15, 0.2) is 58.4 Å². The second kappa shape index (κ2) is 7.75. The fraction of sp³-hybridized carbons (Fsp3) is 0.300. The van der Waals surface area contributed by atoms with Crippen molar-refractivity contribution >= 4 is 11.7 Å². The molecule has 1 aromatic carbocycles. The number of halogens is 1. The summed E-state index contributed by atoms with van der Waals surface area (Å²) in [7, 11) is 3.81. The van der Waals surface area contributed by atoms with Gasteiger partial charge in [0.05, 0.1) is 17.9 Å². The highest BCUT2D eigenvalue weighted by Crippen LogP contribution is 2.39. The van der Waals surface area contributed by atoms with Crippen molar-refractivity contribution in [2.75, 3.05) is 27.2 Å². The Morgan fingerprint density at radius 3 is 2.63 bits per heavy atom. The molecule has 0 aliphatic carbocycles. The quantitative estimate of drug-likeness (QED) is 0.757. The van der Waals surface area contributed by atoms with E-state index in [2.05, 4.69) is 0 Å². The Morgan fingerprint density at radius 1 is 1.26 bits per heavy atom. The van der Waals surface area contributed by atoms with Crippen molar-refractivity contribution in [3.63, 3.8) is 0 Å². The summed E-state index contributed by atoms with van der Waals surface area (Å²) in [5, 5.41) is 10.4. The number of aliphatic hydroxyl groups excluding tert-OH is 1. The number of nitrogens with zero attached hydrogens (tertiary/aromatic N) is 2. The maximum Gasteiger partial charge on any atom is 0.290 e. The van der Waals surface area contributed by atoms with Gasteiger partial charge in [-0.1, -0.05) is 18.2 Å². The molecule has 0 fully saturated rings. The Morgan fingerprint density at radius 2 is 2.00 bits per heavy atom. The van der Waals surface area contributed by atoms with Crippen molar-refractivity contribution in [3.05, 3.63) is 71.1 Å². The van der Waals surface area contributed by atoms with E-state index in [1.165, 1.54) is 41.5 Å². The van der Waals surface area contributed by atoms with Gasteiger partial charge in [0.2, 0.25) is 5.78 Å². The molecule has 0 bridgehead atoms. The fourth-order valence-corrected chi connectivity index (χ4v) is 3.23. The molecule has 1 amide bonds. The normalized spacial score (nSPS) is 17.3. The first-order valence-corrected chi connectivity index (χ1v) is 8.63. The van der Waals surface area contributed by atoms with Gasteiger partial charge < -0.3 is 19.3 Å². The number of hydrogen-bond acceptors (Lipinski definition) is 5. The summed E-state index contributed by atoms with van der Waals surface area (Å²) in [6.07, 6.45) is 1.94.